The van der Waals surface area contributed by atoms with Crippen molar-refractivity contribution in [2.24, 2.45) is 5.92 Å². The first-order valence-electron chi connectivity index (χ1n) is 10.3. The molecule has 0 amide bonds. The first-order valence-corrected chi connectivity index (χ1v) is 12.8. The van der Waals surface area contributed by atoms with Gasteiger partial charge in [-0.05, 0) is 49.0 Å². The van der Waals surface area contributed by atoms with Gasteiger partial charge in [0.1, 0.15) is 0 Å². The molecule has 0 aromatic heterocycles. The molecule has 3 heteroatoms. The lowest BCUT2D eigenvalue weighted by Crippen LogP contribution is -2.36. The lowest BCUT2D eigenvalue weighted by molar-refractivity contribution is 0.148. The van der Waals surface area contributed by atoms with Crippen molar-refractivity contribution >= 4 is 8.32 Å². The molecule has 0 radical (unpaired) electrons. The zero-order chi connectivity index (χ0) is 18.8. The molecule has 2 nitrogen and oxygen atoms in total. The number of hydrogen-bond donors (Lipinski definition) is 0. The zero-order valence-electron chi connectivity index (χ0n) is 17.1. The van der Waals surface area contributed by atoms with E-state index in [4.69, 9.17) is 9.16 Å². The molecule has 1 aliphatic rings. The molecule has 0 heterocycles. The molecule has 2 rings (SSSR count). The molecule has 0 saturated carbocycles. The molecule has 0 unspecified atom stereocenters. The third kappa shape index (κ3) is 5.85. The second-order valence-corrected chi connectivity index (χ2v) is 12.1. The van der Waals surface area contributed by atoms with E-state index in [1.54, 1.807) is 0 Å². The standard InChI is InChI=1S/C23H36O2Si/c1-5-26(6-2,7-3)25-23-17-11-15-22(20(23)4)16-12-18-24-19-21-13-9-8-10-14-21/h8-10,12-14,16,22H,5-7,11,15,17-19H2,1-4H3/b16-12+/t22-/m1/s1. The number of allylic oxidation sites excluding steroid dienone is 3. The number of ether oxygens (including phenoxy) is 1. The van der Waals surface area contributed by atoms with Gasteiger partial charge in [-0.1, -0.05) is 63.3 Å². The molecule has 0 saturated heterocycles. The fourth-order valence-corrected chi connectivity index (χ4v) is 6.46. The van der Waals surface area contributed by atoms with E-state index in [1.807, 2.05) is 6.07 Å². The minimum atomic E-state index is -1.56. The van der Waals surface area contributed by atoms with E-state index >= 15 is 0 Å². The fraction of sp³-hybridized carbons (Fsp3) is 0.565. The molecule has 1 aromatic rings. The first kappa shape index (κ1) is 21.0. The smallest absolute Gasteiger partial charge is 0.250 e. The van der Waals surface area contributed by atoms with E-state index in [-0.39, 0.29) is 0 Å². The fourth-order valence-electron chi connectivity index (χ4n) is 3.74. The first-order chi connectivity index (χ1) is 12.6. The average Bonchev–Trinajstić information content (AvgIpc) is 2.69. The van der Waals surface area contributed by atoms with E-state index in [0.717, 1.165) is 6.42 Å². The summed E-state index contributed by atoms with van der Waals surface area (Å²) in [5.41, 5.74) is 2.67. The largest absolute Gasteiger partial charge is 0.547 e. The van der Waals surface area contributed by atoms with Crippen molar-refractivity contribution in [2.45, 2.75) is 71.7 Å². The van der Waals surface area contributed by atoms with Gasteiger partial charge in [-0.15, -0.1) is 0 Å². The van der Waals surface area contributed by atoms with Gasteiger partial charge in [0, 0.05) is 12.3 Å². The van der Waals surface area contributed by atoms with Gasteiger partial charge in [-0.2, -0.15) is 0 Å². The monoisotopic (exact) mass is 372 g/mol. The van der Waals surface area contributed by atoms with Gasteiger partial charge in [0.15, 0.2) is 0 Å². The molecular formula is C23H36O2Si. The van der Waals surface area contributed by atoms with Crippen molar-refractivity contribution in [1.82, 2.24) is 0 Å². The van der Waals surface area contributed by atoms with Crippen molar-refractivity contribution < 1.29 is 9.16 Å². The predicted molar refractivity (Wildman–Crippen MR) is 114 cm³/mol. The minimum Gasteiger partial charge on any atom is -0.547 e. The van der Waals surface area contributed by atoms with Crippen LogP contribution in [0.25, 0.3) is 0 Å². The van der Waals surface area contributed by atoms with Crippen molar-refractivity contribution in [2.75, 3.05) is 6.61 Å². The van der Waals surface area contributed by atoms with Crippen molar-refractivity contribution in [3.63, 3.8) is 0 Å². The molecule has 1 aliphatic carbocycles. The molecule has 0 fully saturated rings. The lowest BCUT2D eigenvalue weighted by atomic mass is 9.87. The molecule has 0 N–H and O–H groups in total. The summed E-state index contributed by atoms with van der Waals surface area (Å²) in [6, 6.07) is 14.0. The van der Waals surface area contributed by atoms with Crippen LogP contribution in [0, 0.1) is 5.92 Å². The summed E-state index contributed by atoms with van der Waals surface area (Å²) >= 11 is 0. The van der Waals surface area contributed by atoms with E-state index in [0.29, 0.717) is 19.1 Å². The molecule has 1 aromatic carbocycles. The summed E-state index contributed by atoms with van der Waals surface area (Å²) in [5.74, 6) is 1.81. The van der Waals surface area contributed by atoms with Crippen LogP contribution in [0.4, 0.5) is 0 Å². The number of benzene rings is 1. The molecule has 144 valence electrons. The van der Waals surface area contributed by atoms with Crippen LogP contribution in [0.1, 0.15) is 52.5 Å². The van der Waals surface area contributed by atoms with Gasteiger partial charge in [-0.25, -0.2) is 0 Å². The topological polar surface area (TPSA) is 18.5 Å². The molecule has 0 bridgehead atoms. The average molecular weight is 373 g/mol. The Balaban J connectivity index is 1.90. The maximum Gasteiger partial charge on any atom is 0.250 e. The summed E-state index contributed by atoms with van der Waals surface area (Å²) in [7, 11) is -1.56. The Morgan fingerprint density at radius 3 is 2.42 bits per heavy atom. The summed E-state index contributed by atoms with van der Waals surface area (Å²) < 4.78 is 12.5. The Kier molecular flexibility index (Phi) is 8.66. The maximum absolute atomic E-state index is 6.71. The Morgan fingerprint density at radius 2 is 1.77 bits per heavy atom. The quantitative estimate of drug-likeness (QED) is 0.254. The van der Waals surface area contributed by atoms with Gasteiger partial charge in [0.05, 0.1) is 19.0 Å². The highest BCUT2D eigenvalue weighted by atomic mass is 28.4. The number of rotatable bonds is 10. The Hall–Kier alpha value is -1.32. The molecule has 0 aliphatic heterocycles. The maximum atomic E-state index is 6.71. The third-order valence-corrected chi connectivity index (χ3v) is 10.4. The van der Waals surface area contributed by atoms with Crippen molar-refractivity contribution in [3.05, 3.63) is 59.4 Å². The third-order valence-electron chi connectivity index (χ3n) is 5.88. The molecule has 26 heavy (non-hydrogen) atoms. The molecule has 1 atom stereocenters. The van der Waals surface area contributed by atoms with E-state index in [2.05, 4.69) is 64.1 Å². The second-order valence-electron chi connectivity index (χ2n) is 7.38. The Bertz CT molecular complexity index is 579. The summed E-state index contributed by atoms with van der Waals surface area (Å²) in [6.07, 6.45) is 8.09. The molecular weight excluding hydrogens is 336 g/mol. The lowest BCUT2D eigenvalue weighted by Gasteiger charge is -2.34. The SMILES string of the molecule is CC[Si](CC)(CC)OC1=C(C)[C@@H](/C=C/COCc2ccccc2)CCC1. The van der Waals surface area contributed by atoms with Crippen LogP contribution < -0.4 is 0 Å². The highest BCUT2D eigenvalue weighted by Crippen LogP contribution is 2.35. The van der Waals surface area contributed by atoms with Crippen LogP contribution in [0.5, 0.6) is 0 Å². The van der Waals surface area contributed by atoms with Gasteiger partial charge < -0.3 is 9.16 Å². The van der Waals surface area contributed by atoms with Crippen molar-refractivity contribution in [3.8, 4) is 0 Å². The van der Waals surface area contributed by atoms with E-state index in [1.165, 1.54) is 47.9 Å². The highest BCUT2D eigenvalue weighted by molar-refractivity contribution is 6.73. The normalized spacial score (nSPS) is 18.5. The van der Waals surface area contributed by atoms with Crippen LogP contribution in [0.15, 0.2) is 53.8 Å². The predicted octanol–water partition coefficient (Wildman–Crippen LogP) is 6.86. The highest BCUT2D eigenvalue weighted by Gasteiger charge is 2.33. The van der Waals surface area contributed by atoms with Gasteiger partial charge in [-0.3, -0.25) is 0 Å². The van der Waals surface area contributed by atoms with E-state index < -0.39 is 8.32 Å². The van der Waals surface area contributed by atoms with Crippen LogP contribution in [-0.2, 0) is 15.8 Å². The van der Waals surface area contributed by atoms with Gasteiger partial charge in [0.25, 0.3) is 0 Å². The summed E-state index contributed by atoms with van der Waals surface area (Å²) in [6.45, 7) is 10.5. The van der Waals surface area contributed by atoms with Crippen LogP contribution in [0.2, 0.25) is 18.1 Å². The zero-order valence-corrected chi connectivity index (χ0v) is 18.1. The van der Waals surface area contributed by atoms with Gasteiger partial charge >= 0.3 is 0 Å². The van der Waals surface area contributed by atoms with Crippen molar-refractivity contribution in [1.29, 1.82) is 0 Å². The second kappa shape index (κ2) is 10.7. The summed E-state index contributed by atoms with van der Waals surface area (Å²) in [4.78, 5) is 0. The van der Waals surface area contributed by atoms with Crippen LogP contribution in [-0.4, -0.2) is 14.9 Å². The Labute approximate surface area is 161 Å². The molecule has 0 spiro atoms. The van der Waals surface area contributed by atoms with Crippen LogP contribution >= 0.6 is 0 Å². The van der Waals surface area contributed by atoms with Crippen LogP contribution in [0.3, 0.4) is 0 Å². The summed E-state index contributed by atoms with van der Waals surface area (Å²) in [5, 5.41) is 0. The Morgan fingerprint density at radius 1 is 1.08 bits per heavy atom. The van der Waals surface area contributed by atoms with Gasteiger partial charge in [0.2, 0.25) is 8.32 Å². The number of hydrogen-bond acceptors (Lipinski definition) is 2. The van der Waals surface area contributed by atoms with E-state index in [9.17, 15) is 0 Å². The minimum absolute atomic E-state index is 0.511.